The number of ether oxygens (including phenoxy) is 2. The molecule has 0 atom stereocenters. The molecule has 0 fully saturated rings. The minimum atomic E-state index is 0.748. The van der Waals surface area contributed by atoms with Gasteiger partial charge < -0.3 is 9.47 Å². The van der Waals surface area contributed by atoms with Gasteiger partial charge in [0, 0.05) is 16.7 Å². The Labute approximate surface area is 132 Å². The summed E-state index contributed by atoms with van der Waals surface area (Å²) < 4.78 is 11.4. The van der Waals surface area contributed by atoms with Gasteiger partial charge in [-0.3, -0.25) is 0 Å². The molecule has 0 heterocycles. The predicted octanol–water partition coefficient (Wildman–Crippen LogP) is 5.33. The SMILES string of the molecule is COc1ccc(OCCCCCCCl)c2cc(C)ccc12. The smallest absolute Gasteiger partial charge is 0.127 e. The lowest BCUT2D eigenvalue weighted by Gasteiger charge is -2.12. The van der Waals surface area contributed by atoms with Crippen molar-refractivity contribution in [2.45, 2.75) is 32.6 Å². The normalized spacial score (nSPS) is 10.8. The molecular formula is C18H23ClO2. The minimum Gasteiger partial charge on any atom is -0.496 e. The van der Waals surface area contributed by atoms with Crippen molar-refractivity contribution in [2.75, 3.05) is 19.6 Å². The molecule has 0 aliphatic rings. The first kappa shape index (κ1) is 16.0. The van der Waals surface area contributed by atoms with Crippen LogP contribution in [0, 0.1) is 6.92 Å². The maximum Gasteiger partial charge on any atom is 0.127 e. The summed E-state index contributed by atoms with van der Waals surface area (Å²) in [7, 11) is 1.70. The fourth-order valence-electron chi connectivity index (χ4n) is 2.44. The Morgan fingerprint density at radius 3 is 2.43 bits per heavy atom. The summed E-state index contributed by atoms with van der Waals surface area (Å²) in [5, 5.41) is 2.22. The molecule has 0 aromatic heterocycles. The van der Waals surface area contributed by atoms with Crippen molar-refractivity contribution in [2.24, 2.45) is 0 Å². The molecule has 2 aromatic rings. The maximum atomic E-state index is 5.97. The lowest BCUT2D eigenvalue weighted by atomic mass is 10.1. The molecule has 114 valence electrons. The van der Waals surface area contributed by atoms with Crippen LogP contribution in [-0.2, 0) is 0 Å². The second-order valence-corrected chi connectivity index (χ2v) is 5.64. The molecular weight excluding hydrogens is 284 g/mol. The van der Waals surface area contributed by atoms with Crippen LogP contribution in [0.4, 0.5) is 0 Å². The van der Waals surface area contributed by atoms with Gasteiger partial charge in [-0.05, 0) is 38.0 Å². The van der Waals surface area contributed by atoms with Crippen LogP contribution in [0.2, 0.25) is 0 Å². The minimum absolute atomic E-state index is 0.748. The van der Waals surface area contributed by atoms with E-state index in [1.54, 1.807) is 7.11 Å². The van der Waals surface area contributed by atoms with Gasteiger partial charge in [0.2, 0.25) is 0 Å². The first-order valence-corrected chi connectivity index (χ1v) is 8.06. The van der Waals surface area contributed by atoms with Crippen LogP contribution in [0.25, 0.3) is 10.8 Å². The van der Waals surface area contributed by atoms with Gasteiger partial charge >= 0.3 is 0 Å². The summed E-state index contributed by atoms with van der Waals surface area (Å²) in [6, 6.07) is 10.3. The van der Waals surface area contributed by atoms with Gasteiger partial charge in [0.05, 0.1) is 13.7 Å². The van der Waals surface area contributed by atoms with Gasteiger partial charge in [0.1, 0.15) is 11.5 Å². The van der Waals surface area contributed by atoms with E-state index in [2.05, 4.69) is 25.1 Å². The van der Waals surface area contributed by atoms with Crippen LogP contribution >= 0.6 is 11.6 Å². The van der Waals surface area contributed by atoms with Crippen molar-refractivity contribution >= 4 is 22.4 Å². The highest BCUT2D eigenvalue weighted by Crippen LogP contribution is 2.33. The van der Waals surface area contributed by atoms with Crippen LogP contribution in [0.3, 0.4) is 0 Å². The number of rotatable bonds is 8. The zero-order valence-electron chi connectivity index (χ0n) is 12.8. The second kappa shape index (κ2) is 8.14. The molecule has 0 aliphatic heterocycles. The molecule has 0 radical (unpaired) electrons. The summed E-state index contributed by atoms with van der Waals surface area (Å²) in [6.45, 7) is 2.84. The highest BCUT2D eigenvalue weighted by molar-refractivity contribution is 6.17. The van der Waals surface area contributed by atoms with E-state index >= 15 is 0 Å². The van der Waals surface area contributed by atoms with E-state index in [1.807, 2.05) is 12.1 Å². The van der Waals surface area contributed by atoms with E-state index in [9.17, 15) is 0 Å². The van der Waals surface area contributed by atoms with Gasteiger partial charge in [-0.15, -0.1) is 11.6 Å². The van der Waals surface area contributed by atoms with Crippen molar-refractivity contribution in [3.63, 3.8) is 0 Å². The lowest BCUT2D eigenvalue weighted by Crippen LogP contribution is -1.98. The number of benzene rings is 2. The second-order valence-electron chi connectivity index (χ2n) is 5.27. The average Bonchev–Trinajstić information content (AvgIpc) is 2.50. The van der Waals surface area contributed by atoms with E-state index < -0.39 is 0 Å². The summed E-state index contributed by atoms with van der Waals surface area (Å²) in [5.41, 5.74) is 1.22. The third kappa shape index (κ3) is 4.28. The molecule has 21 heavy (non-hydrogen) atoms. The number of unbranched alkanes of at least 4 members (excludes halogenated alkanes) is 3. The lowest BCUT2D eigenvalue weighted by molar-refractivity contribution is 0.308. The predicted molar refractivity (Wildman–Crippen MR) is 89.9 cm³/mol. The van der Waals surface area contributed by atoms with Crippen molar-refractivity contribution < 1.29 is 9.47 Å². The fraction of sp³-hybridized carbons (Fsp3) is 0.444. The zero-order valence-corrected chi connectivity index (χ0v) is 13.6. The summed E-state index contributed by atoms with van der Waals surface area (Å²) in [4.78, 5) is 0. The Morgan fingerprint density at radius 1 is 0.905 bits per heavy atom. The molecule has 0 aliphatic carbocycles. The third-order valence-corrected chi connectivity index (χ3v) is 3.86. The van der Waals surface area contributed by atoms with E-state index in [0.29, 0.717) is 0 Å². The highest BCUT2D eigenvalue weighted by Gasteiger charge is 2.07. The van der Waals surface area contributed by atoms with Crippen molar-refractivity contribution in [1.82, 2.24) is 0 Å². The third-order valence-electron chi connectivity index (χ3n) is 3.60. The molecule has 2 aromatic carbocycles. The van der Waals surface area contributed by atoms with Gasteiger partial charge in [0.25, 0.3) is 0 Å². The molecule has 0 amide bonds. The Hall–Kier alpha value is -1.41. The molecule has 2 rings (SSSR count). The Kier molecular flexibility index (Phi) is 6.19. The monoisotopic (exact) mass is 306 g/mol. The summed E-state index contributed by atoms with van der Waals surface area (Å²) in [5.74, 6) is 2.58. The number of alkyl halides is 1. The largest absolute Gasteiger partial charge is 0.496 e. The van der Waals surface area contributed by atoms with Gasteiger partial charge in [-0.25, -0.2) is 0 Å². The molecule has 3 heteroatoms. The van der Waals surface area contributed by atoms with Crippen molar-refractivity contribution in [3.05, 3.63) is 35.9 Å². The van der Waals surface area contributed by atoms with Crippen LogP contribution in [0.15, 0.2) is 30.3 Å². The van der Waals surface area contributed by atoms with Crippen molar-refractivity contribution in [1.29, 1.82) is 0 Å². The first-order valence-electron chi connectivity index (χ1n) is 7.52. The average molecular weight is 307 g/mol. The fourth-order valence-corrected chi connectivity index (χ4v) is 2.63. The first-order chi connectivity index (χ1) is 10.3. The number of aryl methyl sites for hydroxylation is 1. The van der Waals surface area contributed by atoms with E-state index in [4.69, 9.17) is 21.1 Å². The number of hydrogen-bond donors (Lipinski definition) is 0. The van der Waals surface area contributed by atoms with Gasteiger partial charge in [-0.2, -0.15) is 0 Å². The number of fused-ring (bicyclic) bond motifs is 1. The van der Waals surface area contributed by atoms with E-state index in [0.717, 1.165) is 47.6 Å². The number of hydrogen-bond acceptors (Lipinski definition) is 2. The van der Waals surface area contributed by atoms with E-state index in [-0.39, 0.29) is 0 Å². The Bertz CT molecular complexity index is 581. The van der Waals surface area contributed by atoms with Crippen LogP contribution < -0.4 is 9.47 Å². The highest BCUT2D eigenvalue weighted by atomic mass is 35.5. The summed E-state index contributed by atoms with van der Waals surface area (Å²) in [6.07, 6.45) is 4.50. The topological polar surface area (TPSA) is 18.5 Å². The van der Waals surface area contributed by atoms with Crippen LogP contribution in [0.1, 0.15) is 31.2 Å². The maximum absolute atomic E-state index is 5.97. The van der Waals surface area contributed by atoms with Crippen LogP contribution in [0.5, 0.6) is 11.5 Å². The number of halogens is 1. The van der Waals surface area contributed by atoms with Crippen molar-refractivity contribution in [3.8, 4) is 11.5 Å². The van der Waals surface area contributed by atoms with Gasteiger partial charge in [0.15, 0.2) is 0 Å². The standard InChI is InChI=1S/C18H23ClO2/c1-14-7-8-15-16(13-14)18(10-9-17(15)20-2)21-12-6-4-3-5-11-19/h7-10,13H,3-6,11-12H2,1-2H3. The molecule has 0 saturated heterocycles. The van der Waals surface area contributed by atoms with E-state index in [1.165, 1.54) is 18.4 Å². The summed E-state index contributed by atoms with van der Waals surface area (Å²) >= 11 is 5.68. The quantitative estimate of drug-likeness (QED) is 0.484. The molecule has 2 nitrogen and oxygen atoms in total. The molecule has 0 unspecified atom stereocenters. The molecule has 0 saturated carbocycles. The Morgan fingerprint density at radius 2 is 1.67 bits per heavy atom. The molecule has 0 N–H and O–H groups in total. The molecule has 0 spiro atoms. The molecule has 0 bridgehead atoms. The zero-order chi connectivity index (χ0) is 15.1. The Balaban J connectivity index is 2.07. The number of methoxy groups -OCH3 is 1. The van der Waals surface area contributed by atoms with Gasteiger partial charge in [-0.1, -0.05) is 30.5 Å². The van der Waals surface area contributed by atoms with Crippen LogP contribution in [-0.4, -0.2) is 19.6 Å².